The van der Waals surface area contributed by atoms with E-state index < -0.39 is 5.97 Å². The molecule has 2 aromatic carbocycles. The SMILES string of the molecule is Cc1cc(CC(=O)O)ccc1N(Cl)c1cccc(C)c1F. The maximum absolute atomic E-state index is 14.1. The van der Waals surface area contributed by atoms with Crippen LogP contribution in [-0.4, -0.2) is 11.1 Å². The molecule has 0 aliphatic rings. The van der Waals surface area contributed by atoms with E-state index in [1.165, 1.54) is 4.42 Å². The minimum absolute atomic E-state index is 0.0534. The van der Waals surface area contributed by atoms with Gasteiger partial charge in [0.15, 0.2) is 5.82 Å². The van der Waals surface area contributed by atoms with Crippen LogP contribution in [-0.2, 0) is 11.2 Å². The average Bonchev–Trinajstić information content (AvgIpc) is 2.40. The van der Waals surface area contributed by atoms with Gasteiger partial charge in [-0.15, -0.1) is 0 Å². The van der Waals surface area contributed by atoms with E-state index in [0.717, 1.165) is 5.56 Å². The smallest absolute Gasteiger partial charge is 0.307 e. The number of aliphatic carboxylic acids is 1. The van der Waals surface area contributed by atoms with Crippen LogP contribution in [0.1, 0.15) is 16.7 Å². The van der Waals surface area contributed by atoms with E-state index in [9.17, 15) is 9.18 Å². The zero-order valence-corrected chi connectivity index (χ0v) is 12.5. The Morgan fingerprint density at radius 2 is 1.90 bits per heavy atom. The van der Waals surface area contributed by atoms with Crippen molar-refractivity contribution >= 4 is 29.1 Å². The fourth-order valence-corrected chi connectivity index (χ4v) is 2.46. The quantitative estimate of drug-likeness (QED) is 0.853. The molecule has 0 amide bonds. The second-order valence-electron chi connectivity index (χ2n) is 4.88. The van der Waals surface area contributed by atoms with E-state index in [-0.39, 0.29) is 17.9 Å². The second kappa shape index (κ2) is 6.14. The van der Waals surface area contributed by atoms with Gasteiger partial charge in [-0.05, 0) is 42.7 Å². The summed E-state index contributed by atoms with van der Waals surface area (Å²) in [5.74, 6) is -1.27. The van der Waals surface area contributed by atoms with Crippen molar-refractivity contribution in [1.29, 1.82) is 0 Å². The molecular weight excluding hydrogens is 293 g/mol. The summed E-state index contributed by atoms with van der Waals surface area (Å²) in [4.78, 5) is 10.7. The lowest BCUT2D eigenvalue weighted by Gasteiger charge is -2.20. The van der Waals surface area contributed by atoms with Gasteiger partial charge in [0, 0.05) is 11.8 Å². The van der Waals surface area contributed by atoms with Gasteiger partial charge in [-0.2, -0.15) is 0 Å². The van der Waals surface area contributed by atoms with E-state index in [0.29, 0.717) is 16.8 Å². The Balaban J connectivity index is 2.37. The van der Waals surface area contributed by atoms with Gasteiger partial charge in [0.2, 0.25) is 0 Å². The van der Waals surface area contributed by atoms with Gasteiger partial charge < -0.3 is 5.11 Å². The van der Waals surface area contributed by atoms with Crippen molar-refractivity contribution < 1.29 is 14.3 Å². The molecule has 110 valence electrons. The number of carbonyl (C=O) groups is 1. The first kappa shape index (κ1) is 15.3. The van der Waals surface area contributed by atoms with Crippen molar-refractivity contribution in [1.82, 2.24) is 0 Å². The summed E-state index contributed by atoms with van der Waals surface area (Å²) in [7, 11) is 0. The molecule has 3 nitrogen and oxygen atoms in total. The molecule has 0 fully saturated rings. The maximum Gasteiger partial charge on any atom is 0.307 e. The minimum Gasteiger partial charge on any atom is -0.481 e. The minimum atomic E-state index is -0.894. The van der Waals surface area contributed by atoms with Gasteiger partial charge in [-0.1, -0.05) is 24.3 Å². The van der Waals surface area contributed by atoms with E-state index in [4.69, 9.17) is 16.9 Å². The van der Waals surface area contributed by atoms with E-state index in [2.05, 4.69) is 0 Å². The molecule has 0 saturated heterocycles. The molecule has 0 aliphatic heterocycles. The van der Waals surface area contributed by atoms with E-state index in [1.54, 1.807) is 43.3 Å². The summed E-state index contributed by atoms with van der Waals surface area (Å²) in [6.07, 6.45) is -0.0534. The van der Waals surface area contributed by atoms with Crippen molar-refractivity contribution in [2.75, 3.05) is 4.42 Å². The topological polar surface area (TPSA) is 40.5 Å². The molecule has 0 aliphatic carbocycles. The molecule has 0 spiro atoms. The van der Waals surface area contributed by atoms with Crippen LogP contribution < -0.4 is 4.42 Å². The first-order chi connectivity index (χ1) is 9.90. The third kappa shape index (κ3) is 3.34. The molecule has 0 saturated carbocycles. The Kier molecular flexibility index (Phi) is 4.48. The van der Waals surface area contributed by atoms with Crippen molar-refractivity contribution in [3.05, 3.63) is 58.9 Å². The Bertz CT molecular complexity index is 688. The standard InChI is InChI=1S/C16H15ClFNO2/c1-10-4-3-5-14(16(10)18)19(17)13-7-6-12(8-11(13)2)9-15(20)21/h3-8H,9H2,1-2H3,(H,20,21). The number of carboxylic acids is 1. The molecule has 0 bridgehead atoms. The first-order valence-electron chi connectivity index (χ1n) is 6.42. The van der Waals surface area contributed by atoms with Crippen LogP contribution in [0.2, 0.25) is 0 Å². The predicted molar refractivity (Wildman–Crippen MR) is 81.6 cm³/mol. The Morgan fingerprint density at radius 3 is 2.52 bits per heavy atom. The van der Waals surface area contributed by atoms with Gasteiger partial charge in [-0.25, -0.2) is 4.39 Å². The normalized spacial score (nSPS) is 10.5. The van der Waals surface area contributed by atoms with Gasteiger partial charge in [-0.3, -0.25) is 9.21 Å². The number of benzene rings is 2. The summed E-state index contributed by atoms with van der Waals surface area (Å²) in [6.45, 7) is 3.48. The number of halogens is 2. The van der Waals surface area contributed by atoms with Gasteiger partial charge in [0.25, 0.3) is 0 Å². The zero-order valence-electron chi connectivity index (χ0n) is 11.7. The van der Waals surface area contributed by atoms with Crippen LogP contribution in [0.4, 0.5) is 15.8 Å². The van der Waals surface area contributed by atoms with E-state index >= 15 is 0 Å². The number of nitrogens with zero attached hydrogens (tertiary/aromatic N) is 1. The molecule has 0 heterocycles. The maximum atomic E-state index is 14.1. The van der Waals surface area contributed by atoms with Crippen LogP contribution in [0.15, 0.2) is 36.4 Å². The number of anilines is 2. The molecule has 0 radical (unpaired) electrons. The van der Waals surface area contributed by atoms with Crippen molar-refractivity contribution in [2.45, 2.75) is 20.3 Å². The number of hydrogen-bond acceptors (Lipinski definition) is 2. The number of rotatable bonds is 4. The molecule has 0 atom stereocenters. The lowest BCUT2D eigenvalue weighted by Crippen LogP contribution is -2.08. The largest absolute Gasteiger partial charge is 0.481 e. The van der Waals surface area contributed by atoms with Crippen LogP contribution in [0.25, 0.3) is 0 Å². The number of carboxylic acid groups (broad SMARTS) is 1. The van der Waals surface area contributed by atoms with Crippen LogP contribution in [0, 0.1) is 19.7 Å². The van der Waals surface area contributed by atoms with Crippen molar-refractivity contribution in [2.24, 2.45) is 0 Å². The summed E-state index contributed by atoms with van der Waals surface area (Å²) >= 11 is 6.25. The monoisotopic (exact) mass is 307 g/mol. The third-order valence-corrected chi connectivity index (χ3v) is 3.58. The third-order valence-electron chi connectivity index (χ3n) is 3.21. The molecule has 5 heteroatoms. The molecule has 2 aromatic rings. The molecule has 0 unspecified atom stereocenters. The highest BCUT2D eigenvalue weighted by Gasteiger charge is 2.15. The van der Waals surface area contributed by atoms with Crippen LogP contribution in [0.5, 0.6) is 0 Å². The number of hydrogen-bond donors (Lipinski definition) is 1. The Hall–Kier alpha value is -2.07. The van der Waals surface area contributed by atoms with Crippen LogP contribution >= 0.6 is 11.8 Å². The summed E-state index contributed by atoms with van der Waals surface area (Å²) < 4.78 is 15.4. The number of aryl methyl sites for hydroxylation is 2. The average molecular weight is 308 g/mol. The second-order valence-corrected chi connectivity index (χ2v) is 5.22. The van der Waals surface area contributed by atoms with E-state index in [1.807, 2.05) is 6.92 Å². The fraction of sp³-hybridized carbons (Fsp3) is 0.188. The first-order valence-corrected chi connectivity index (χ1v) is 6.76. The van der Waals surface area contributed by atoms with Gasteiger partial charge >= 0.3 is 5.97 Å². The lowest BCUT2D eigenvalue weighted by molar-refractivity contribution is -0.136. The summed E-state index contributed by atoms with van der Waals surface area (Å²) in [5, 5.41) is 8.80. The van der Waals surface area contributed by atoms with Crippen LogP contribution in [0.3, 0.4) is 0 Å². The molecular formula is C16H15ClFNO2. The zero-order chi connectivity index (χ0) is 15.6. The summed E-state index contributed by atoms with van der Waals surface area (Å²) in [5.41, 5.74) is 2.86. The predicted octanol–water partition coefficient (Wildman–Crippen LogP) is 4.36. The summed E-state index contributed by atoms with van der Waals surface area (Å²) in [6, 6.07) is 10.1. The van der Waals surface area contributed by atoms with Crippen molar-refractivity contribution in [3.8, 4) is 0 Å². The molecule has 1 N–H and O–H groups in total. The molecule has 0 aromatic heterocycles. The van der Waals surface area contributed by atoms with Gasteiger partial charge in [0.1, 0.15) is 0 Å². The van der Waals surface area contributed by atoms with Gasteiger partial charge in [0.05, 0.1) is 17.8 Å². The highest BCUT2D eigenvalue weighted by Crippen LogP contribution is 2.33. The lowest BCUT2D eigenvalue weighted by atomic mass is 10.1. The molecule has 2 rings (SSSR count). The fourth-order valence-electron chi connectivity index (χ4n) is 2.14. The Labute approximate surface area is 127 Å². The van der Waals surface area contributed by atoms with Crippen molar-refractivity contribution in [3.63, 3.8) is 0 Å². The highest BCUT2D eigenvalue weighted by atomic mass is 35.5. The molecule has 21 heavy (non-hydrogen) atoms. The highest BCUT2D eigenvalue weighted by molar-refractivity contribution is 6.29. The Morgan fingerprint density at radius 1 is 1.19 bits per heavy atom.